The van der Waals surface area contributed by atoms with E-state index in [0.29, 0.717) is 10.6 Å². The monoisotopic (exact) mass is 465 g/mol. The number of anilines is 1. The minimum absolute atomic E-state index is 0.0577. The number of aromatic carboxylic acids is 1. The quantitative estimate of drug-likeness (QED) is 0.394. The van der Waals surface area contributed by atoms with Gasteiger partial charge in [0.1, 0.15) is 11.5 Å². The summed E-state index contributed by atoms with van der Waals surface area (Å²) < 4.78 is 14.5. The van der Waals surface area contributed by atoms with Gasteiger partial charge in [0, 0.05) is 11.8 Å². The maximum absolute atomic E-state index is 14.5. The molecule has 2 aromatic carbocycles. The Hall–Kier alpha value is -3.58. The van der Waals surface area contributed by atoms with Crippen molar-refractivity contribution in [1.82, 2.24) is 4.98 Å². The van der Waals surface area contributed by atoms with Crippen LogP contribution in [0.1, 0.15) is 69.1 Å². The maximum Gasteiger partial charge on any atom is 0.335 e. The van der Waals surface area contributed by atoms with Gasteiger partial charge in [-0.1, -0.05) is 36.6 Å². The van der Waals surface area contributed by atoms with E-state index in [0.717, 1.165) is 37.3 Å². The van der Waals surface area contributed by atoms with E-state index >= 15 is 0 Å². The van der Waals surface area contributed by atoms with Crippen molar-refractivity contribution in [3.63, 3.8) is 0 Å². The van der Waals surface area contributed by atoms with Crippen molar-refractivity contribution in [3.05, 3.63) is 93.5 Å². The normalized spacial score (nSPS) is 13.6. The van der Waals surface area contributed by atoms with Gasteiger partial charge in [-0.05, 0) is 60.7 Å². The van der Waals surface area contributed by atoms with E-state index in [1.807, 2.05) is 12.1 Å². The number of benzene rings is 2. The van der Waals surface area contributed by atoms with Gasteiger partial charge in [-0.25, -0.2) is 9.18 Å². The zero-order chi connectivity index (χ0) is 23.5. The van der Waals surface area contributed by atoms with Gasteiger partial charge in [-0.3, -0.25) is 15.2 Å². The Labute approximate surface area is 195 Å². The summed E-state index contributed by atoms with van der Waals surface area (Å²) in [5, 5.41) is 20.6. The predicted octanol–water partition coefficient (Wildman–Crippen LogP) is 5.90. The standard InChI is InChI=1S/C25H21ClFN3O3/c26-18-8-3-7-16(14-5-1-2-6-14)21(18)24(31)30-20-9-4-12-29-23(20)22(28)17-11-10-15(25(32)33)13-19(17)27/h3-4,7-14,28H,1-2,5-6H2,(H,30,31)(H,32,33). The Bertz CT molecular complexity index is 1260. The number of carbonyl (C=O) groups is 2. The Morgan fingerprint density at radius 3 is 2.58 bits per heavy atom. The van der Waals surface area contributed by atoms with E-state index in [-0.39, 0.29) is 34.1 Å². The van der Waals surface area contributed by atoms with Crippen molar-refractivity contribution in [2.24, 2.45) is 0 Å². The summed E-state index contributed by atoms with van der Waals surface area (Å²) in [4.78, 5) is 28.5. The lowest BCUT2D eigenvalue weighted by Gasteiger charge is -2.17. The number of nitrogens with one attached hydrogen (secondary N) is 2. The van der Waals surface area contributed by atoms with Gasteiger partial charge in [-0.15, -0.1) is 0 Å². The largest absolute Gasteiger partial charge is 0.478 e. The van der Waals surface area contributed by atoms with Gasteiger partial charge in [0.25, 0.3) is 5.91 Å². The van der Waals surface area contributed by atoms with Crippen molar-refractivity contribution in [2.75, 3.05) is 5.32 Å². The number of aromatic nitrogens is 1. The molecule has 8 heteroatoms. The molecule has 1 aliphatic carbocycles. The van der Waals surface area contributed by atoms with Crippen LogP contribution in [0.2, 0.25) is 5.02 Å². The molecule has 0 saturated heterocycles. The van der Waals surface area contributed by atoms with Crippen LogP contribution in [-0.2, 0) is 0 Å². The fourth-order valence-corrected chi connectivity index (χ4v) is 4.49. The van der Waals surface area contributed by atoms with E-state index < -0.39 is 17.7 Å². The number of carboxylic acid groups (broad SMARTS) is 1. The molecule has 1 saturated carbocycles. The molecule has 1 amide bonds. The molecular formula is C25H21ClFN3O3. The van der Waals surface area contributed by atoms with E-state index in [4.69, 9.17) is 22.1 Å². The second-order valence-corrected chi connectivity index (χ2v) is 8.32. The van der Waals surface area contributed by atoms with Crippen molar-refractivity contribution in [1.29, 1.82) is 5.41 Å². The van der Waals surface area contributed by atoms with Crippen LogP contribution >= 0.6 is 11.6 Å². The van der Waals surface area contributed by atoms with Crippen LogP contribution in [-0.4, -0.2) is 27.7 Å². The van der Waals surface area contributed by atoms with E-state index in [1.54, 1.807) is 18.2 Å². The summed E-state index contributed by atoms with van der Waals surface area (Å²) in [6.07, 6.45) is 5.63. The minimum Gasteiger partial charge on any atom is -0.478 e. The summed E-state index contributed by atoms with van der Waals surface area (Å²) in [7, 11) is 0. The van der Waals surface area contributed by atoms with Crippen molar-refractivity contribution >= 4 is 34.9 Å². The molecule has 4 rings (SSSR count). The fourth-order valence-electron chi connectivity index (χ4n) is 4.23. The third-order valence-corrected chi connectivity index (χ3v) is 6.16. The molecule has 1 heterocycles. The lowest BCUT2D eigenvalue weighted by Crippen LogP contribution is -2.19. The number of rotatable bonds is 6. The Morgan fingerprint density at radius 1 is 1.12 bits per heavy atom. The summed E-state index contributed by atoms with van der Waals surface area (Å²) in [6, 6.07) is 11.9. The number of carbonyl (C=O) groups excluding carboxylic acids is 1. The van der Waals surface area contributed by atoms with Gasteiger partial charge in [0.05, 0.1) is 27.5 Å². The first-order valence-corrected chi connectivity index (χ1v) is 10.9. The topological polar surface area (TPSA) is 103 Å². The highest BCUT2D eigenvalue weighted by atomic mass is 35.5. The molecule has 1 aromatic heterocycles. The van der Waals surface area contributed by atoms with E-state index in [9.17, 15) is 14.0 Å². The second kappa shape index (κ2) is 9.50. The summed E-state index contributed by atoms with van der Waals surface area (Å²) in [5.74, 6) is -2.29. The first kappa shape index (κ1) is 22.6. The first-order chi connectivity index (χ1) is 15.9. The Morgan fingerprint density at radius 2 is 1.88 bits per heavy atom. The number of halogens is 2. The molecule has 168 valence electrons. The van der Waals surface area contributed by atoms with Crippen LogP contribution in [0.5, 0.6) is 0 Å². The van der Waals surface area contributed by atoms with Gasteiger partial charge in [0.15, 0.2) is 0 Å². The smallest absolute Gasteiger partial charge is 0.335 e. The fraction of sp³-hybridized carbons (Fsp3) is 0.200. The lowest BCUT2D eigenvalue weighted by atomic mass is 9.92. The molecule has 33 heavy (non-hydrogen) atoms. The highest BCUT2D eigenvalue weighted by Gasteiger charge is 2.25. The SMILES string of the molecule is N=C(c1ccc(C(=O)O)cc1F)c1ncccc1NC(=O)c1c(Cl)cccc1C1CCCC1. The van der Waals surface area contributed by atoms with Crippen molar-refractivity contribution in [3.8, 4) is 0 Å². The van der Waals surface area contributed by atoms with E-state index in [1.165, 1.54) is 18.3 Å². The molecule has 0 bridgehead atoms. The summed E-state index contributed by atoms with van der Waals surface area (Å²) >= 11 is 6.41. The van der Waals surface area contributed by atoms with Gasteiger partial charge in [-0.2, -0.15) is 0 Å². The number of hydrogen-bond acceptors (Lipinski definition) is 4. The van der Waals surface area contributed by atoms with Gasteiger partial charge in [0.2, 0.25) is 0 Å². The third-order valence-electron chi connectivity index (χ3n) is 5.85. The van der Waals surface area contributed by atoms with Gasteiger partial charge < -0.3 is 10.4 Å². The number of amides is 1. The number of hydrogen-bond donors (Lipinski definition) is 3. The molecule has 0 atom stereocenters. The number of pyridine rings is 1. The van der Waals surface area contributed by atoms with Crippen LogP contribution in [0, 0.1) is 11.2 Å². The van der Waals surface area contributed by atoms with Crippen molar-refractivity contribution < 1.29 is 19.1 Å². The van der Waals surface area contributed by atoms with Crippen LogP contribution in [0.15, 0.2) is 54.7 Å². The van der Waals surface area contributed by atoms with Crippen LogP contribution in [0.25, 0.3) is 0 Å². The van der Waals surface area contributed by atoms with E-state index in [2.05, 4.69) is 10.3 Å². The van der Waals surface area contributed by atoms with Crippen molar-refractivity contribution in [2.45, 2.75) is 31.6 Å². The lowest BCUT2D eigenvalue weighted by molar-refractivity contribution is 0.0696. The third kappa shape index (κ3) is 4.64. The summed E-state index contributed by atoms with van der Waals surface area (Å²) in [5.41, 5.74) is 0.942. The minimum atomic E-state index is -1.27. The first-order valence-electron chi connectivity index (χ1n) is 10.5. The average Bonchev–Trinajstić information content (AvgIpc) is 3.33. The Kier molecular flexibility index (Phi) is 6.51. The zero-order valence-electron chi connectivity index (χ0n) is 17.6. The zero-order valence-corrected chi connectivity index (χ0v) is 18.3. The predicted molar refractivity (Wildman–Crippen MR) is 124 cm³/mol. The second-order valence-electron chi connectivity index (χ2n) is 7.91. The maximum atomic E-state index is 14.5. The Balaban J connectivity index is 1.66. The molecule has 1 aliphatic rings. The number of carboxylic acids is 1. The molecule has 0 unspecified atom stereocenters. The average molecular weight is 466 g/mol. The van der Waals surface area contributed by atoms with Crippen LogP contribution < -0.4 is 5.32 Å². The molecule has 0 spiro atoms. The highest BCUT2D eigenvalue weighted by molar-refractivity contribution is 6.34. The highest BCUT2D eigenvalue weighted by Crippen LogP contribution is 2.38. The molecular weight excluding hydrogens is 445 g/mol. The molecule has 0 radical (unpaired) electrons. The van der Waals surface area contributed by atoms with Crippen LogP contribution in [0.4, 0.5) is 10.1 Å². The van der Waals surface area contributed by atoms with Crippen LogP contribution in [0.3, 0.4) is 0 Å². The molecule has 6 nitrogen and oxygen atoms in total. The molecule has 0 aliphatic heterocycles. The van der Waals surface area contributed by atoms with Gasteiger partial charge >= 0.3 is 5.97 Å². The summed E-state index contributed by atoms with van der Waals surface area (Å²) in [6.45, 7) is 0. The molecule has 1 fully saturated rings. The molecule has 3 aromatic rings. The molecule has 3 N–H and O–H groups in total. The number of nitrogens with zero attached hydrogens (tertiary/aromatic N) is 1.